The molecule has 12 heteroatoms. The first-order valence-corrected chi connectivity index (χ1v) is 14.8. The van der Waals surface area contributed by atoms with Crippen LogP contribution in [-0.4, -0.2) is 36.0 Å². The SMILES string of the molecule is Cc1cc(C)nc(NS(=O)(=O)c2ccc(NC(=S)NC(=O)c3ccc(OCCc4ccccc4)c(Br)c3)cc2)n1. The fourth-order valence-corrected chi connectivity index (χ4v) is 5.34. The van der Waals surface area contributed by atoms with Crippen LogP contribution < -0.4 is 20.1 Å². The molecular formula is C28H26BrN5O4S2. The first-order valence-electron chi connectivity index (χ1n) is 12.1. The maximum Gasteiger partial charge on any atom is 0.264 e. The van der Waals surface area contributed by atoms with E-state index >= 15 is 0 Å². The molecule has 206 valence electrons. The second kappa shape index (κ2) is 13.0. The zero-order valence-electron chi connectivity index (χ0n) is 21.6. The molecule has 0 saturated heterocycles. The number of carbonyl (C=O) groups is 1. The number of benzene rings is 3. The summed E-state index contributed by atoms with van der Waals surface area (Å²) in [5.74, 6) is 0.217. The van der Waals surface area contributed by atoms with Crippen LogP contribution in [0.1, 0.15) is 27.3 Å². The summed E-state index contributed by atoms with van der Waals surface area (Å²) in [4.78, 5) is 21.0. The van der Waals surface area contributed by atoms with Crippen molar-refractivity contribution in [3.8, 4) is 5.75 Å². The van der Waals surface area contributed by atoms with Crippen molar-refractivity contribution in [2.75, 3.05) is 16.6 Å². The second-order valence-corrected chi connectivity index (χ2v) is 11.7. The Morgan fingerprint density at radius 1 is 0.950 bits per heavy atom. The number of aryl methyl sites for hydroxylation is 2. The number of aromatic nitrogens is 2. The Morgan fingerprint density at radius 2 is 1.62 bits per heavy atom. The van der Waals surface area contributed by atoms with Crippen molar-refractivity contribution in [2.24, 2.45) is 0 Å². The zero-order valence-corrected chi connectivity index (χ0v) is 24.9. The Kier molecular flexibility index (Phi) is 9.46. The van der Waals surface area contributed by atoms with Gasteiger partial charge in [-0.1, -0.05) is 30.3 Å². The van der Waals surface area contributed by atoms with E-state index in [0.717, 1.165) is 6.42 Å². The van der Waals surface area contributed by atoms with Crippen molar-refractivity contribution in [3.05, 3.63) is 106 Å². The van der Waals surface area contributed by atoms with Crippen LogP contribution in [-0.2, 0) is 16.4 Å². The quantitative estimate of drug-likeness (QED) is 0.208. The predicted molar refractivity (Wildman–Crippen MR) is 162 cm³/mol. The van der Waals surface area contributed by atoms with E-state index in [1.807, 2.05) is 30.3 Å². The molecule has 4 aromatic rings. The number of nitrogens with one attached hydrogen (secondary N) is 3. The number of ether oxygens (including phenoxy) is 1. The fourth-order valence-electron chi connectivity index (χ4n) is 3.69. The predicted octanol–water partition coefficient (Wildman–Crippen LogP) is 5.41. The van der Waals surface area contributed by atoms with Crippen molar-refractivity contribution in [1.82, 2.24) is 15.3 Å². The van der Waals surface area contributed by atoms with Gasteiger partial charge in [-0.05, 0) is 96.1 Å². The van der Waals surface area contributed by atoms with Gasteiger partial charge in [0.05, 0.1) is 16.0 Å². The van der Waals surface area contributed by atoms with Gasteiger partial charge in [0.25, 0.3) is 15.9 Å². The van der Waals surface area contributed by atoms with E-state index in [-0.39, 0.29) is 16.0 Å². The number of thiocarbonyl (C=S) groups is 1. The van der Waals surface area contributed by atoms with Gasteiger partial charge in [0.1, 0.15) is 5.75 Å². The lowest BCUT2D eigenvalue weighted by Gasteiger charge is -2.12. The van der Waals surface area contributed by atoms with Gasteiger partial charge in [-0.15, -0.1) is 0 Å². The summed E-state index contributed by atoms with van der Waals surface area (Å²) in [5.41, 5.74) is 3.35. The summed E-state index contributed by atoms with van der Waals surface area (Å²) < 4.78 is 34.3. The molecule has 4 rings (SSSR count). The van der Waals surface area contributed by atoms with Crippen molar-refractivity contribution in [1.29, 1.82) is 0 Å². The third kappa shape index (κ3) is 8.07. The molecule has 0 unspecified atom stereocenters. The van der Waals surface area contributed by atoms with E-state index in [1.54, 1.807) is 38.1 Å². The molecule has 3 N–H and O–H groups in total. The lowest BCUT2D eigenvalue weighted by atomic mass is 10.2. The number of anilines is 2. The molecule has 1 heterocycles. The van der Waals surface area contributed by atoms with Gasteiger partial charge in [0, 0.05) is 29.1 Å². The first kappa shape index (κ1) is 29.1. The average molecular weight is 641 g/mol. The summed E-state index contributed by atoms with van der Waals surface area (Å²) in [5, 5.41) is 5.55. The fraction of sp³-hybridized carbons (Fsp3) is 0.143. The lowest BCUT2D eigenvalue weighted by Crippen LogP contribution is -2.34. The highest BCUT2D eigenvalue weighted by Crippen LogP contribution is 2.26. The highest BCUT2D eigenvalue weighted by Gasteiger charge is 2.17. The molecule has 0 aliphatic carbocycles. The lowest BCUT2D eigenvalue weighted by molar-refractivity contribution is 0.0977. The summed E-state index contributed by atoms with van der Waals surface area (Å²) in [6.07, 6.45) is 0.764. The minimum atomic E-state index is -3.90. The van der Waals surface area contributed by atoms with E-state index in [2.05, 4.69) is 41.3 Å². The number of nitrogens with zero attached hydrogens (tertiary/aromatic N) is 2. The minimum absolute atomic E-state index is 0.00186. The van der Waals surface area contributed by atoms with Crippen LogP contribution in [0.4, 0.5) is 11.6 Å². The average Bonchev–Trinajstić information content (AvgIpc) is 2.89. The Labute approximate surface area is 246 Å². The van der Waals surface area contributed by atoms with Crippen molar-refractivity contribution < 1.29 is 17.9 Å². The molecular weight excluding hydrogens is 614 g/mol. The van der Waals surface area contributed by atoms with Crippen LogP contribution >= 0.6 is 28.1 Å². The van der Waals surface area contributed by atoms with E-state index in [0.29, 0.717) is 39.5 Å². The molecule has 3 aromatic carbocycles. The molecule has 1 aromatic heterocycles. The van der Waals surface area contributed by atoms with Crippen LogP contribution in [0.5, 0.6) is 5.75 Å². The van der Waals surface area contributed by atoms with Gasteiger partial charge < -0.3 is 10.1 Å². The van der Waals surface area contributed by atoms with Crippen molar-refractivity contribution in [2.45, 2.75) is 25.2 Å². The third-order valence-corrected chi connectivity index (χ3v) is 7.71. The number of halogens is 1. The zero-order chi connectivity index (χ0) is 28.7. The van der Waals surface area contributed by atoms with Crippen molar-refractivity contribution in [3.63, 3.8) is 0 Å². The molecule has 0 aliphatic rings. The largest absolute Gasteiger partial charge is 0.492 e. The number of hydrogen-bond donors (Lipinski definition) is 3. The normalized spacial score (nSPS) is 11.0. The van der Waals surface area contributed by atoms with Crippen molar-refractivity contribution >= 4 is 60.8 Å². The summed E-state index contributed by atoms with van der Waals surface area (Å²) in [6.45, 7) is 4.01. The Balaban J connectivity index is 1.30. The Bertz CT molecular complexity index is 1610. The van der Waals surface area contributed by atoms with Gasteiger partial charge >= 0.3 is 0 Å². The number of rotatable bonds is 9. The van der Waals surface area contributed by atoms with Crippen LogP contribution in [0, 0.1) is 13.8 Å². The van der Waals surface area contributed by atoms with Crippen LogP contribution in [0.15, 0.2) is 88.2 Å². The maximum atomic E-state index is 12.7. The van der Waals surface area contributed by atoms with Gasteiger partial charge in [0.15, 0.2) is 5.11 Å². The van der Waals surface area contributed by atoms with Crippen LogP contribution in [0.25, 0.3) is 0 Å². The maximum absolute atomic E-state index is 12.7. The molecule has 0 aliphatic heterocycles. The molecule has 1 amide bonds. The van der Waals surface area contributed by atoms with E-state index in [1.165, 1.54) is 29.8 Å². The second-order valence-electron chi connectivity index (χ2n) is 8.74. The highest BCUT2D eigenvalue weighted by molar-refractivity contribution is 9.10. The number of carbonyl (C=O) groups excluding carboxylic acids is 1. The Morgan fingerprint density at radius 3 is 2.27 bits per heavy atom. The molecule has 40 heavy (non-hydrogen) atoms. The first-order chi connectivity index (χ1) is 19.1. The molecule has 0 saturated carbocycles. The summed E-state index contributed by atoms with van der Waals surface area (Å²) in [6, 6.07) is 22.7. The smallest absolute Gasteiger partial charge is 0.264 e. The van der Waals surface area contributed by atoms with E-state index in [4.69, 9.17) is 17.0 Å². The van der Waals surface area contributed by atoms with Gasteiger partial charge in [-0.25, -0.2) is 23.1 Å². The topological polar surface area (TPSA) is 122 Å². The summed E-state index contributed by atoms with van der Waals surface area (Å²) in [7, 11) is -3.90. The number of sulfonamides is 1. The number of hydrogen-bond acceptors (Lipinski definition) is 7. The van der Waals surface area contributed by atoms with Gasteiger partial charge in [-0.3, -0.25) is 10.1 Å². The van der Waals surface area contributed by atoms with E-state index < -0.39 is 15.9 Å². The standard InChI is InChI=1S/C28H26BrN5O4S2/c1-18-16-19(2)31-27(30-18)34-40(36,37)23-11-9-22(10-12-23)32-28(39)33-26(35)21-8-13-25(24(29)17-21)38-15-14-20-6-4-3-5-7-20/h3-13,16-17H,14-15H2,1-2H3,(H,30,31,34)(H2,32,33,35,39). The highest BCUT2D eigenvalue weighted by atomic mass is 79.9. The molecule has 0 bridgehead atoms. The molecule has 0 spiro atoms. The van der Waals surface area contributed by atoms with Gasteiger partial charge in [-0.2, -0.15) is 0 Å². The van der Waals surface area contributed by atoms with Crippen LogP contribution in [0.3, 0.4) is 0 Å². The minimum Gasteiger partial charge on any atom is -0.492 e. The molecule has 0 fully saturated rings. The number of amides is 1. The molecule has 0 atom stereocenters. The monoisotopic (exact) mass is 639 g/mol. The summed E-state index contributed by atoms with van der Waals surface area (Å²) >= 11 is 8.72. The van der Waals surface area contributed by atoms with Gasteiger partial charge in [0.2, 0.25) is 5.95 Å². The van der Waals surface area contributed by atoms with Crippen LogP contribution in [0.2, 0.25) is 0 Å². The molecule has 0 radical (unpaired) electrons. The third-order valence-electron chi connectivity index (χ3n) is 5.54. The Hall–Kier alpha value is -3.87. The van der Waals surface area contributed by atoms with E-state index in [9.17, 15) is 13.2 Å². The molecule has 9 nitrogen and oxygen atoms in total.